The number of nitrogens with zero attached hydrogens (tertiary/aromatic N) is 2. The quantitative estimate of drug-likeness (QED) is 0.241. The monoisotopic (exact) mass is 429 g/mol. The fourth-order valence-corrected chi connectivity index (χ4v) is 2.84. The van der Waals surface area contributed by atoms with Crippen LogP contribution >= 0.6 is 0 Å². The molecule has 32 heavy (non-hydrogen) atoms. The summed E-state index contributed by atoms with van der Waals surface area (Å²) in [5.41, 5.74) is 1.98. The van der Waals surface area contributed by atoms with Crippen LogP contribution in [0.1, 0.15) is 11.1 Å². The number of anilines is 1. The molecule has 8 heteroatoms. The van der Waals surface area contributed by atoms with Crippen LogP contribution in [-0.2, 0) is 4.79 Å². The van der Waals surface area contributed by atoms with Crippen LogP contribution in [0.4, 0.5) is 11.4 Å². The topological polar surface area (TPSA) is 114 Å². The Morgan fingerprint density at radius 2 is 1.78 bits per heavy atom. The number of nitro benzene ring substituents is 1. The lowest BCUT2D eigenvalue weighted by molar-refractivity contribution is -0.384. The van der Waals surface area contributed by atoms with E-state index < -0.39 is 4.92 Å². The standard InChI is InChI=1S/C24H19N3O5/c1-31-22-12-8-20(9-13-22)26-24(28)16-32-23-5-3-2-4-18(23)14-19(15-25)17-6-10-21(11-7-17)27(29)30/h2-14H,16H2,1H3,(H,26,28). The number of nitro groups is 1. The van der Waals surface area contributed by atoms with Gasteiger partial charge in [0.1, 0.15) is 11.5 Å². The molecule has 0 atom stereocenters. The van der Waals surface area contributed by atoms with Gasteiger partial charge in [0.25, 0.3) is 11.6 Å². The third-order valence-corrected chi connectivity index (χ3v) is 4.46. The fourth-order valence-electron chi connectivity index (χ4n) is 2.84. The summed E-state index contributed by atoms with van der Waals surface area (Å²) in [6, 6.07) is 21.7. The summed E-state index contributed by atoms with van der Waals surface area (Å²) in [6.45, 7) is -0.226. The van der Waals surface area contributed by atoms with Gasteiger partial charge in [0.15, 0.2) is 6.61 Å². The number of amides is 1. The van der Waals surface area contributed by atoms with Gasteiger partial charge in [0, 0.05) is 23.4 Å². The average molecular weight is 429 g/mol. The molecule has 0 spiro atoms. The summed E-state index contributed by atoms with van der Waals surface area (Å²) in [7, 11) is 1.56. The number of para-hydroxylation sites is 1. The highest BCUT2D eigenvalue weighted by atomic mass is 16.6. The Morgan fingerprint density at radius 3 is 2.41 bits per heavy atom. The lowest BCUT2D eigenvalue weighted by Crippen LogP contribution is -2.20. The van der Waals surface area contributed by atoms with Crippen LogP contribution in [0.2, 0.25) is 0 Å². The number of ether oxygens (including phenoxy) is 2. The highest BCUT2D eigenvalue weighted by Gasteiger charge is 2.10. The van der Waals surface area contributed by atoms with Crippen LogP contribution in [0.15, 0.2) is 72.8 Å². The average Bonchev–Trinajstić information content (AvgIpc) is 2.82. The van der Waals surface area contributed by atoms with Crippen molar-refractivity contribution in [2.45, 2.75) is 0 Å². The molecular weight excluding hydrogens is 410 g/mol. The molecule has 0 heterocycles. The molecule has 3 aromatic rings. The number of hydrogen-bond acceptors (Lipinski definition) is 6. The second-order valence-corrected chi connectivity index (χ2v) is 6.58. The predicted molar refractivity (Wildman–Crippen MR) is 120 cm³/mol. The van der Waals surface area contributed by atoms with Gasteiger partial charge in [-0.3, -0.25) is 14.9 Å². The maximum Gasteiger partial charge on any atom is 0.269 e. The van der Waals surface area contributed by atoms with Crippen molar-refractivity contribution >= 4 is 28.9 Å². The highest BCUT2D eigenvalue weighted by Crippen LogP contribution is 2.26. The van der Waals surface area contributed by atoms with E-state index in [1.54, 1.807) is 61.7 Å². The van der Waals surface area contributed by atoms with Crippen LogP contribution in [-0.4, -0.2) is 24.5 Å². The number of carbonyl (C=O) groups is 1. The second kappa shape index (κ2) is 10.4. The Kier molecular flexibility index (Phi) is 7.17. The lowest BCUT2D eigenvalue weighted by Gasteiger charge is -2.10. The molecule has 8 nitrogen and oxygen atoms in total. The Labute approximate surface area is 184 Å². The number of methoxy groups -OCH3 is 1. The van der Waals surface area contributed by atoms with Crippen molar-refractivity contribution in [3.8, 4) is 17.6 Å². The van der Waals surface area contributed by atoms with E-state index in [0.717, 1.165) is 0 Å². The zero-order chi connectivity index (χ0) is 22.9. The lowest BCUT2D eigenvalue weighted by atomic mass is 10.0. The summed E-state index contributed by atoms with van der Waals surface area (Å²) < 4.78 is 10.8. The van der Waals surface area contributed by atoms with Crippen molar-refractivity contribution in [3.05, 3.63) is 94.0 Å². The van der Waals surface area contributed by atoms with Gasteiger partial charge < -0.3 is 14.8 Å². The molecular formula is C24H19N3O5. The van der Waals surface area contributed by atoms with E-state index in [0.29, 0.717) is 33.9 Å². The Hall–Kier alpha value is -4.64. The minimum absolute atomic E-state index is 0.0577. The number of nitriles is 1. The summed E-state index contributed by atoms with van der Waals surface area (Å²) >= 11 is 0. The molecule has 0 radical (unpaired) electrons. The number of hydrogen-bond donors (Lipinski definition) is 1. The molecule has 0 aliphatic carbocycles. The van der Waals surface area contributed by atoms with Crippen LogP contribution in [0.5, 0.6) is 11.5 Å². The molecule has 0 aliphatic rings. The van der Waals surface area contributed by atoms with Crippen LogP contribution < -0.4 is 14.8 Å². The number of allylic oxidation sites excluding steroid dienone is 1. The Bertz CT molecular complexity index is 1180. The minimum atomic E-state index is -0.500. The molecule has 0 saturated heterocycles. The number of benzene rings is 3. The molecule has 1 amide bonds. The van der Waals surface area contributed by atoms with Crippen molar-refractivity contribution in [2.24, 2.45) is 0 Å². The SMILES string of the molecule is COc1ccc(NC(=O)COc2ccccc2C=C(C#N)c2ccc([N+](=O)[O-])cc2)cc1. The van der Waals surface area contributed by atoms with Gasteiger partial charge in [0.05, 0.1) is 23.7 Å². The van der Waals surface area contributed by atoms with E-state index in [2.05, 4.69) is 11.4 Å². The fraction of sp³-hybridized carbons (Fsp3) is 0.0833. The first-order chi connectivity index (χ1) is 15.5. The summed E-state index contributed by atoms with van der Waals surface area (Å²) in [5, 5.41) is 23.1. The number of carbonyl (C=O) groups excluding carboxylic acids is 1. The molecule has 3 aromatic carbocycles. The largest absolute Gasteiger partial charge is 0.497 e. The van der Waals surface area contributed by atoms with Gasteiger partial charge in [-0.2, -0.15) is 5.26 Å². The summed E-state index contributed by atoms with van der Waals surface area (Å²) in [4.78, 5) is 22.6. The normalized spacial score (nSPS) is 10.7. The molecule has 160 valence electrons. The molecule has 0 fully saturated rings. The highest BCUT2D eigenvalue weighted by molar-refractivity contribution is 5.92. The van der Waals surface area contributed by atoms with E-state index in [1.165, 1.54) is 24.3 Å². The smallest absolute Gasteiger partial charge is 0.269 e. The van der Waals surface area contributed by atoms with Gasteiger partial charge >= 0.3 is 0 Å². The maximum atomic E-state index is 12.2. The van der Waals surface area contributed by atoms with Gasteiger partial charge in [-0.15, -0.1) is 0 Å². The number of non-ortho nitro benzene ring substituents is 1. The van der Waals surface area contributed by atoms with Crippen molar-refractivity contribution in [3.63, 3.8) is 0 Å². The predicted octanol–water partition coefficient (Wildman–Crippen LogP) is 4.69. The maximum absolute atomic E-state index is 12.2. The first-order valence-corrected chi connectivity index (χ1v) is 9.52. The van der Waals surface area contributed by atoms with Crippen LogP contribution in [0.25, 0.3) is 11.6 Å². The summed E-state index contributed by atoms with van der Waals surface area (Å²) in [5.74, 6) is 0.762. The first kappa shape index (κ1) is 22.1. The third kappa shape index (κ3) is 5.70. The van der Waals surface area contributed by atoms with Crippen molar-refractivity contribution < 1.29 is 19.2 Å². The molecule has 0 aliphatic heterocycles. The molecule has 1 N–H and O–H groups in total. The van der Waals surface area contributed by atoms with Crippen molar-refractivity contribution in [1.29, 1.82) is 5.26 Å². The summed E-state index contributed by atoms with van der Waals surface area (Å²) in [6.07, 6.45) is 1.61. The zero-order valence-electron chi connectivity index (χ0n) is 17.1. The number of rotatable bonds is 8. The third-order valence-electron chi connectivity index (χ3n) is 4.46. The van der Waals surface area contributed by atoms with E-state index in [4.69, 9.17) is 9.47 Å². The van der Waals surface area contributed by atoms with Gasteiger partial charge in [-0.05, 0) is 54.1 Å². The van der Waals surface area contributed by atoms with Crippen molar-refractivity contribution in [2.75, 3.05) is 19.0 Å². The van der Waals surface area contributed by atoms with Crippen LogP contribution in [0, 0.1) is 21.4 Å². The number of nitrogens with one attached hydrogen (secondary N) is 1. The molecule has 0 aromatic heterocycles. The van der Waals surface area contributed by atoms with E-state index in [-0.39, 0.29) is 18.2 Å². The van der Waals surface area contributed by atoms with E-state index >= 15 is 0 Å². The first-order valence-electron chi connectivity index (χ1n) is 9.52. The molecule has 0 unspecified atom stereocenters. The van der Waals surface area contributed by atoms with Gasteiger partial charge in [-0.1, -0.05) is 18.2 Å². The molecule has 0 bridgehead atoms. The van der Waals surface area contributed by atoms with Gasteiger partial charge in [-0.25, -0.2) is 0 Å². The van der Waals surface area contributed by atoms with Crippen molar-refractivity contribution in [1.82, 2.24) is 0 Å². The molecule has 0 saturated carbocycles. The van der Waals surface area contributed by atoms with Crippen LogP contribution in [0.3, 0.4) is 0 Å². The zero-order valence-corrected chi connectivity index (χ0v) is 17.1. The molecule has 3 rings (SSSR count). The van der Waals surface area contributed by atoms with E-state index in [1.807, 2.05) is 0 Å². The Morgan fingerprint density at radius 1 is 1.09 bits per heavy atom. The van der Waals surface area contributed by atoms with Gasteiger partial charge in [0.2, 0.25) is 0 Å². The Balaban J connectivity index is 1.72. The van der Waals surface area contributed by atoms with E-state index in [9.17, 15) is 20.2 Å². The second-order valence-electron chi connectivity index (χ2n) is 6.58. The minimum Gasteiger partial charge on any atom is -0.497 e.